The molecule has 4 nitrogen and oxygen atoms in total. The molecule has 0 saturated carbocycles. The number of nitrogen functional groups attached to an aromatic ring is 2. The molecule has 2 heterocycles. The van der Waals surface area contributed by atoms with Crippen LogP contribution in [0.1, 0.15) is 16.8 Å². The summed E-state index contributed by atoms with van der Waals surface area (Å²) in [6.07, 6.45) is -13.0. The van der Waals surface area contributed by atoms with Gasteiger partial charge in [0, 0.05) is 6.20 Å². The minimum atomic E-state index is -4.95. The van der Waals surface area contributed by atoms with Gasteiger partial charge in [0.25, 0.3) is 0 Å². The number of hydrogen-bond acceptors (Lipinski definition) is 4. The Bertz CT molecular complexity index is 718. The van der Waals surface area contributed by atoms with Crippen molar-refractivity contribution in [2.24, 2.45) is 0 Å². The minimum Gasteiger partial charge on any atom is -0.384 e. The highest BCUT2D eigenvalue weighted by Crippen LogP contribution is 2.35. The average molecular weight is 392 g/mol. The summed E-state index contributed by atoms with van der Waals surface area (Å²) < 4.78 is 108. The van der Waals surface area contributed by atoms with Gasteiger partial charge in [0.2, 0.25) is 0 Å². The number of anilines is 2. The van der Waals surface area contributed by atoms with Crippen LogP contribution in [0, 0.1) is 0 Å². The summed E-state index contributed by atoms with van der Waals surface area (Å²) >= 11 is 0. The molecule has 0 amide bonds. The van der Waals surface area contributed by atoms with Crippen molar-refractivity contribution in [3.8, 4) is 0 Å². The summed E-state index contributed by atoms with van der Waals surface area (Å²) in [5, 5.41) is 0. The first-order chi connectivity index (χ1) is 11.6. The summed E-state index contributed by atoms with van der Waals surface area (Å²) in [5.41, 5.74) is 5.80. The van der Waals surface area contributed by atoms with Crippen LogP contribution in [0.5, 0.6) is 0 Å². The van der Waals surface area contributed by atoms with Crippen LogP contribution in [-0.2, 0) is 18.5 Å². The lowest BCUT2D eigenvalue weighted by Gasteiger charge is -2.11. The second-order valence-corrected chi connectivity index (χ2v) is 4.60. The number of aromatic nitrogens is 2. The number of pyridine rings is 2. The van der Waals surface area contributed by atoms with Gasteiger partial charge >= 0.3 is 18.5 Å². The Morgan fingerprint density at radius 2 is 1.35 bits per heavy atom. The molecule has 0 unspecified atom stereocenters. The van der Waals surface area contributed by atoms with Crippen molar-refractivity contribution >= 4 is 11.6 Å². The van der Waals surface area contributed by atoms with Gasteiger partial charge in [-0.1, -0.05) is 0 Å². The number of rotatable bonds is 0. The number of nitrogens with two attached hydrogens (primary N) is 2. The molecule has 0 aliphatic heterocycles. The summed E-state index contributed by atoms with van der Waals surface area (Å²) in [6, 6.07) is 2.34. The number of halogens is 9. The number of alkyl halides is 9. The molecule has 0 bridgehead atoms. The highest BCUT2D eigenvalue weighted by Gasteiger charge is 2.38. The lowest BCUT2D eigenvalue weighted by molar-refractivity contribution is -0.145. The van der Waals surface area contributed by atoms with Crippen molar-refractivity contribution in [1.82, 2.24) is 9.97 Å². The van der Waals surface area contributed by atoms with Crippen molar-refractivity contribution in [3.63, 3.8) is 0 Å². The molecule has 0 aromatic carbocycles. The van der Waals surface area contributed by atoms with E-state index in [0.29, 0.717) is 6.07 Å². The van der Waals surface area contributed by atoms with Crippen LogP contribution in [0.3, 0.4) is 0 Å². The largest absolute Gasteiger partial charge is 0.433 e. The highest BCUT2D eigenvalue weighted by atomic mass is 19.4. The fourth-order valence-corrected chi connectivity index (χ4v) is 1.52. The summed E-state index contributed by atoms with van der Waals surface area (Å²) in [7, 11) is 0. The van der Waals surface area contributed by atoms with Crippen molar-refractivity contribution in [2.75, 3.05) is 11.5 Å². The summed E-state index contributed by atoms with van der Waals surface area (Å²) in [5.74, 6) is -1.31. The Labute approximate surface area is 139 Å². The van der Waals surface area contributed by atoms with Gasteiger partial charge in [-0.2, -0.15) is 39.5 Å². The zero-order valence-corrected chi connectivity index (χ0v) is 12.3. The van der Waals surface area contributed by atoms with Crippen LogP contribution in [0.4, 0.5) is 51.1 Å². The van der Waals surface area contributed by atoms with Crippen LogP contribution in [0.2, 0.25) is 0 Å². The lowest BCUT2D eigenvalue weighted by Crippen LogP contribution is -2.14. The van der Waals surface area contributed by atoms with Crippen LogP contribution >= 0.6 is 0 Å². The Kier molecular flexibility index (Phi) is 5.95. The molecule has 26 heavy (non-hydrogen) atoms. The van der Waals surface area contributed by atoms with Gasteiger partial charge in [-0.3, -0.25) is 0 Å². The highest BCUT2D eigenvalue weighted by molar-refractivity contribution is 5.40. The predicted octanol–water partition coefficient (Wildman–Crippen LogP) is 4.38. The zero-order chi connectivity index (χ0) is 20.3. The molecule has 144 valence electrons. The Hall–Kier alpha value is -2.73. The van der Waals surface area contributed by atoms with E-state index in [0.717, 1.165) is 6.07 Å². The molecule has 0 atom stereocenters. The lowest BCUT2D eigenvalue weighted by atomic mass is 10.2. The molecule has 0 spiro atoms. The Balaban J connectivity index is 0.000000273. The maximum Gasteiger partial charge on any atom is 0.433 e. The monoisotopic (exact) mass is 392 g/mol. The molecule has 0 saturated heterocycles. The van der Waals surface area contributed by atoms with Gasteiger partial charge in [-0.25, -0.2) is 9.97 Å². The quantitative estimate of drug-likeness (QED) is 0.653. The van der Waals surface area contributed by atoms with Gasteiger partial charge in [0.15, 0.2) is 0 Å². The molecule has 13 heteroatoms. The smallest absolute Gasteiger partial charge is 0.384 e. The maximum atomic E-state index is 12.1. The van der Waals surface area contributed by atoms with Crippen molar-refractivity contribution < 1.29 is 39.5 Å². The fourth-order valence-electron chi connectivity index (χ4n) is 1.52. The third kappa shape index (κ3) is 5.97. The van der Waals surface area contributed by atoms with Crippen LogP contribution in [0.15, 0.2) is 30.5 Å². The van der Waals surface area contributed by atoms with E-state index in [-0.39, 0.29) is 6.07 Å². The summed E-state index contributed by atoms with van der Waals surface area (Å²) in [4.78, 5) is 6.07. The Morgan fingerprint density at radius 1 is 0.769 bits per heavy atom. The molecule has 0 aliphatic carbocycles. The van der Waals surface area contributed by atoms with E-state index in [1.54, 1.807) is 0 Å². The number of hydrogen-bond donors (Lipinski definition) is 2. The fraction of sp³-hybridized carbons (Fsp3) is 0.231. The predicted molar refractivity (Wildman–Crippen MR) is 72.3 cm³/mol. The van der Waals surface area contributed by atoms with E-state index < -0.39 is 47.0 Å². The maximum absolute atomic E-state index is 12.1. The second kappa shape index (κ2) is 7.25. The summed E-state index contributed by atoms with van der Waals surface area (Å²) in [6.45, 7) is 0. The third-order valence-electron chi connectivity index (χ3n) is 2.61. The molecule has 0 fully saturated rings. The van der Waals surface area contributed by atoms with E-state index in [2.05, 4.69) is 9.97 Å². The van der Waals surface area contributed by atoms with Crippen molar-refractivity contribution in [3.05, 3.63) is 47.3 Å². The molecule has 2 aromatic heterocycles. The van der Waals surface area contributed by atoms with E-state index in [1.165, 1.54) is 12.3 Å². The van der Waals surface area contributed by atoms with Gasteiger partial charge in [-0.05, 0) is 24.3 Å². The standard InChI is InChI=1S/C7H4F6N2.C6H5F3N2/c8-6(9,10)3-1-4(7(11,12)13)15-5(14)2-3;7-6(8,9)4-2-1-3-11-5(4)10/h1-2H,(H2,14,15);1-3H,(H2,10,11). The molecule has 2 rings (SSSR count). The van der Waals surface area contributed by atoms with Crippen LogP contribution in [0.25, 0.3) is 0 Å². The van der Waals surface area contributed by atoms with Crippen molar-refractivity contribution in [2.45, 2.75) is 18.5 Å². The first kappa shape index (κ1) is 21.3. The SMILES string of the molecule is Nc1cc(C(F)(F)F)cc(C(F)(F)F)n1.Nc1ncccc1C(F)(F)F. The van der Waals surface area contributed by atoms with Gasteiger partial charge in [-0.15, -0.1) is 0 Å². The average Bonchev–Trinajstić information content (AvgIpc) is 2.44. The molecule has 4 N–H and O–H groups in total. The van der Waals surface area contributed by atoms with E-state index in [1.807, 2.05) is 0 Å². The molecule has 2 aromatic rings. The van der Waals surface area contributed by atoms with Crippen molar-refractivity contribution in [1.29, 1.82) is 0 Å². The van der Waals surface area contributed by atoms with E-state index in [9.17, 15) is 39.5 Å². The number of nitrogens with zero attached hydrogens (tertiary/aromatic N) is 2. The zero-order valence-electron chi connectivity index (χ0n) is 12.3. The first-order valence-electron chi connectivity index (χ1n) is 6.32. The van der Waals surface area contributed by atoms with Crippen LogP contribution in [-0.4, -0.2) is 9.97 Å². The Morgan fingerprint density at radius 3 is 1.73 bits per heavy atom. The second-order valence-electron chi connectivity index (χ2n) is 4.60. The molecular formula is C13H9F9N4. The topological polar surface area (TPSA) is 77.8 Å². The van der Waals surface area contributed by atoms with Gasteiger partial charge in [0.05, 0.1) is 11.1 Å². The first-order valence-corrected chi connectivity index (χ1v) is 6.32. The molecule has 0 radical (unpaired) electrons. The van der Waals surface area contributed by atoms with Gasteiger partial charge in [0.1, 0.15) is 17.3 Å². The van der Waals surface area contributed by atoms with E-state index >= 15 is 0 Å². The van der Waals surface area contributed by atoms with Crippen LogP contribution < -0.4 is 11.5 Å². The van der Waals surface area contributed by atoms with Gasteiger partial charge < -0.3 is 11.5 Å². The molecular weight excluding hydrogens is 383 g/mol. The third-order valence-corrected chi connectivity index (χ3v) is 2.61. The molecule has 0 aliphatic rings. The minimum absolute atomic E-state index is 0.0869. The normalized spacial score (nSPS) is 12.3. The van der Waals surface area contributed by atoms with E-state index in [4.69, 9.17) is 11.5 Å².